The zero-order chi connectivity index (χ0) is 18.4. The van der Waals surface area contributed by atoms with Gasteiger partial charge in [-0.25, -0.2) is 9.78 Å². The molecule has 0 amide bonds. The van der Waals surface area contributed by atoms with Crippen LogP contribution in [0, 0.1) is 0 Å². The number of hydrogen-bond donors (Lipinski definition) is 1. The normalized spacial score (nSPS) is 15.8. The molecule has 26 heavy (non-hydrogen) atoms. The highest BCUT2D eigenvalue weighted by Gasteiger charge is 2.64. The Bertz CT molecular complexity index is 988. The van der Waals surface area contributed by atoms with Crippen molar-refractivity contribution in [2.75, 3.05) is 0 Å². The molecule has 3 aromatic rings. The van der Waals surface area contributed by atoms with Crippen molar-refractivity contribution in [1.29, 1.82) is 0 Å². The molecule has 1 aromatic carbocycles. The Morgan fingerprint density at radius 2 is 1.81 bits per heavy atom. The van der Waals surface area contributed by atoms with E-state index in [1.54, 1.807) is 12.1 Å². The largest absolute Gasteiger partial charge is 0.439 e. The van der Waals surface area contributed by atoms with Gasteiger partial charge >= 0.3 is 11.9 Å². The first-order valence-corrected chi connectivity index (χ1v) is 7.91. The summed E-state index contributed by atoms with van der Waals surface area (Å²) in [5.74, 6) is -0.549. The molecule has 9 heteroatoms. The smallest absolute Gasteiger partial charge is 0.296 e. The van der Waals surface area contributed by atoms with Gasteiger partial charge in [0.1, 0.15) is 5.69 Å². The van der Waals surface area contributed by atoms with E-state index in [0.29, 0.717) is 17.8 Å². The van der Waals surface area contributed by atoms with Crippen molar-refractivity contribution in [2.24, 2.45) is 0 Å². The molecule has 1 aliphatic rings. The molecule has 0 bridgehead atoms. The molecule has 2 aromatic heterocycles. The molecule has 0 atom stereocenters. The van der Waals surface area contributed by atoms with Gasteiger partial charge in [0.25, 0.3) is 0 Å². The summed E-state index contributed by atoms with van der Waals surface area (Å²) >= 11 is 0. The lowest BCUT2D eigenvalue weighted by atomic mass is 9.93. The van der Waals surface area contributed by atoms with Crippen molar-refractivity contribution in [3.8, 4) is 11.5 Å². The van der Waals surface area contributed by atoms with Gasteiger partial charge in [0.05, 0.1) is 11.1 Å². The molecular weight excluding hydrogens is 349 g/mol. The lowest BCUT2D eigenvalue weighted by Crippen LogP contribution is -2.28. The number of benzene rings is 1. The Labute approximate surface area is 145 Å². The number of nitrogens with zero attached hydrogens (tertiary/aromatic N) is 3. The van der Waals surface area contributed by atoms with Gasteiger partial charge in [-0.2, -0.15) is 13.2 Å². The minimum Gasteiger partial charge on any atom is -0.296 e. The van der Waals surface area contributed by atoms with Gasteiger partial charge in [-0.1, -0.05) is 29.4 Å². The van der Waals surface area contributed by atoms with Crippen LogP contribution in [0.15, 0.2) is 46.0 Å². The van der Waals surface area contributed by atoms with E-state index in [1.807, 2.05) is 0 Å². The first kappa shape index (κ1) is 16.5. The van der Waals surface area contributed by atoms with Gasteiger partial charge in [0.2, 0.25) is 5.82 Å². The average molecular weight is 362 g/mol. The highest BCUT2D eigenvalue weighted by atomic mass is 19.4. The number of H-pyrrole nitrogens is 1. The fourth-order valence-electron chi connectivity index (χ4n) is 3.02. The van der Waals surface area contributed by atoms with E-state index in [2.05, 4.69) is 24.6 Å². The van der Waals surface area contributed by atoms with Crippen molar-refractivity contribution < 1.29 is 17.7 Å². The second-order valence-electron chi connectivity index (χ2n) is 6.25. The Hall–Kier alpha value is -2.97. The van der Waals surface area contributed by atoms with E-state index in [1.165, 1.54) is 24.5 Å². The first-order chi connectivity index (χ1) is 12.4. The maximum absolute atomic E-state index is 13.2. The standard InChI is InChI=1S/C17H13F3N4O2/c18-17(19,20)16(5-6-16)11-3-1-10(2-4-11)9-12-13(22-8-7-21-12)14-23-15(25)26-24-14/h1-4,7-8H,5-6,9H2,(H,23,24,25). The van der Waals surface area contributed by atoms with Crippen molar-refractivity contribution in [3.05, 3.63) is 64.0 Å². The molecule has 1 N–H and O–H groups in total. The molecule has 1 saturated carbocycles. The molecule has 134 valence electrons. The average Bonchev–Trinajstić information content (AvgIpc) is 3.33. The van der Waals surface area contributed by atoms with Gasteiger partial charge in [-0.15, -0.1) is 0 Å². The molecule has 0 aliphatic heterocycles. The van der Waals surface area contributed by atoms with Gasteiger partial charge in [-0.05, 0) is 24.0 Å². The van der Waals surface area contributed by atoms with Crippen LogP contribution in [0.4, 0.5) is 13.2 Å². The lowest BCUT2D eigenvalue weighted by molar-refractivity contribution is -0.160. The van der Waals surface area contributed by atoms with Crippen LogP contribution in [0.1, 0.15) is 29.7 Å². The fraction of sp³-hybridized carbons (Fsp3) is 0.294. The number of halogens is 3. The topological polar surface area (TPSA) is 84.7 Å². The molecule has 1 fully saturated rings. The monoisotopic (exact) mass is 362 g/mol. The highest BCUT2D eigenvalue weighted by molar-refractivity contribution is 5.52. The number of alkyl halides is 3. The zero-order valence-electron chi connectivity index (χ0n) is 13.4. The van der Waals surface area contributed by atoms with Crippen LogP contribution in [0.25, 0.3) is 11.5 Å². The van der Waals surface area contributed by atoms with Crippen LogP contribution < -0.4 is 5.76 Å². The van der Waals surface area contributed by atoms with E-state index in [4.69, 9.17) is 0 Å². The van der Waals surface area contributed by atoms with E-state index in [0.717, 1.165) is 5.56 Å². The Balaban J connectivity index is 1.61. The molecule has 0 unspecified atom stereocenters. The van der Waals surface area contributed by atoms with E-state index < -0.39 is 17.3 Å². The number of hydrogen-bond acceptors (Lipinski definition) is 5. The van der Waals surface area contributed by atoms with E-state index in [-0.39, 0.29) is 24.2 Å². The maximum atomic E-state index is 13.2. The number of aromatic nitrogens is 4. The third kappa shape index (κ3) is 2.79. The quantitative estimate of drug-likeness (QED) is 0.771. The Morgan fingerprint density at radius 1 is 1.12 bits per heavy atom. The SMILES string of the molecule is O=c1[nH]c(-c2nccnc2Cc2ccc(C3(C(F)(F)F)CC3)cc2)no1. The first-order valence-electron chi connectivity index (χ1n) is 7.91. The molecule has 1 aliphatic carbocycles. The van der Waals surface area contributed by atoms with E-state index in [9.17, 15) is 18.0 Å². The van der Waals surface area contributed by atoms with Crippen LogP contribution in [-0.4, -0.2) is 26.3 Å². The number of aromatic amines is 1. The zero-order valence-corrected chi connectivity index (χ0v) is 13.4. The Kier molecular flexibility index (Phi) is 3.67. The van der Waals surface area contributed by atoms with Crippen molar-refractivity contribution in [1.82, 2.24) is 20.1 Å². The third-order valence-corrected chi connectivity index (χ3v) is 4.61. The molecule has 0 saturated heterocycles. The molecule has 6 nitrogen and oxygen atoms in total. The van der Waals surface area contributed by atoms with Crippen LogP contribution in [0.3, 0.4) is 0 Å². The molecule has 4 rings (SSSR count). The summed E-state index contributed by atoms with van der Waals surface area (Å²) in [5, 5.41) is 3.60. The summed E-state index contributed by atoms with van der Waals surface area (Å²) in [6.45, 7) is 0. The minimum atomic E-state index is -4.23. The summed E-state index contributed by atoms with van der Waals surface area (Å²) in [6, 6.07) is 6.35. The minimum absolute atomic E-state index is 0.129. The van der Waals surface area contributed by atoms with Crippen molar-refractivity contribution in [2.45, 2.75) is 30.9 Å². The fourth-order valence-corrected chi connectivity index (χ4v) is 3.02. The van der Waals surface area contributed by atoms with Crippen LogP contribution >= 0.6 is 0 Å². The summed E-state index contributed by atoms with van der Waals surface area (Å²) in [4.78, 5) is 21.9. The van der Waals surface area contributed by atoms with Gasteiger partial charge in [0.15, 0.2) is 0 Å². The van der Waals surface area contributed by atoms with E-state index >= 15 is 0 Å². The van der Waals surface area contributed by atoms with Crippen LogP contribution in [-0.2, 0) is 11.8 Å². The predicted octanol–water partition coefficient (Wildman–Crippen LogP) is 3.00. The molecule has 2 heterocycles. The summed E-state index contributed by atoms with van der Waals surface area (Å²) in [6.07, 6.45) is -0.695. The second kappa shape index (κ2) is 5.79. The number of nitrogens with one attached hydrogen (secondary N) is 1. The van der Waals surface area contributed by atoms with Gasteiger partial charge < -0.3 is 0 Å². The predicted molar refractivity (Wildman–Crippen MR) is 84.4 cm³/mol. The maximum Gasteiger partial charge on any atom is 0.439 e. The van der Waals surface area contributed by atoms with Crippen molar-refractivity contribution in [3.63, 3.8) is 0 Å². The molecular formula is C17H13F3N4O2. The lowest BCUT2D eigenvalue weighted by Gasteiger charge is -2.19. The van der Waals surface area contributed by atoms with Gasteiger partial charge in [-0.3, -0.25) is 14.5 Å². The van der Waals surface area contributed by atoms with Crippen LogP contribution in [0.2, 0.25) is 0 Å². The second-order valence-corrected chi connectivity index (χ2v) is 6.25. The van der Waals surface area contributed by atoms with Gasteiger partial charge in [0, 0.05) is 18.8 Å². The highest BCUT2D eigenvalue weighted by Crippen LogP contribution is 2.58. The third-order valence-electron chi connectivity index (χ3n) is 4.61. The Morgan fingerprint density at radius 3 is 2.38 bits per heavy atom. The summed E-state index contributed by atoms with van der Waals surface area (Å²) < 4.78 is 44.1. The van der Waals surface area contributed by atoms with Crippen molar-refractivity contribution >= 4 is 0 Å². The van der Waals surface area contributed by atoms with Crippen LogP contribution in [0.5, 0.6) is 0 Å². The molecule has 0 spiro atoms. The number of rotatable bonds is 4. The summed E-state index contributed by atoms with van der Waals surface area (Å²) in [7, 11) is 0. The summed E-state index contributed by atoms with van der Waals surface area (Å²) in [5.41, 5.74) is 0.259. The molecule has 0 radical (unpaired) electrons.